The molecule has 0 aromatic carbocycles. The number of amides is 2. The second kappa shape index (κ2) is 6.02. The molecule has 1 aliphatic heterocycles. The van der Waals surface area contributed by atoms with Crippen LogP contribution in [0.4, 0.5) is 4.79 Å². The van der Waals surface area contributed by atoms with Gasteiger partial charge in [-0.1, -0.05) is 20.3 Å². The van der Waals surface area contributed by atoms with E-state index in [9.17, 15) is 9.59 Å². The molecule has 1 saturated heterocycles. The minimum atomic E-state index is -0.825. The standard InChI is InChI=1S/C15H26N2O3/c1-15(2)7-3-5-11(10-15)16-14(20)17-8-4-6-12(17)9-13(18)19/h11-12H,3-10H2,1-2H3,(H,16,20)(H,18,19). The van der Waals surface area contributed by atoms with Gasteiger partial charge in [-0.05, 0) is 37.5 Å². The van der Waals surface area contributed by atoms with Crippen LogP contribution in [0.15, 0.2) is 0 Å². The maximum Gasteiger partial charge on any atom is 0.317 e. The van der Waals surface area contributed by atoms with Crippen LogP contribution < -0.4 is 5.32 Å². The Hall–Kier alpha value is -1.26. The smallest absolute Gasteiger partial charge is 0.317 e. The van der Waals surface area contributed by atoms with E-state index >= 15 is 0 Å². The summed E-state index contributed by atoms with van der Waals surface area (Å²) >= 11 is 0. The number of carboxylic acids is 1. The molecular weight excluding hydrogens is 256 g/mol. The molecule has 0 aromatic rings. The van der Waals surface area contributed by atoms with E-state index in [4.69, 9.17) is 5.11 Å². The third-order valence-electron chi connectivity index (χ3n) is 4.58. The van der Waals surface area contributed by atoms with Crippen molar-refractivity contribution in [3.63, 3.8) is 0 Å². The first-order valence-electron chi connectivity index (χ1n) is 7.66. The first-order valence-corrected chi connectivity index (χ1v) is 7.66. The van der Waals surface area contributed by atoms with Crippen molar-refractivity contribution >= 4 is 12.0 Å². The molecule has 0 spiro atoms. The molecule has 1 saturated carbocycles. The summed E-state index contributed by atoms with van der Waals surface area (Å²) in [6.45, 7) is 5.17. The lowest BCUT2D eigenvalue weighted by atomic mass is 9.75. The summed E-state index contributed by atoms with van der Waals surface area (Å²) in [6.07, 6.45) is 6.17. The Morgan fingerprint density at radius 2 is 2.05 bits per heavy atom. The van der Waals surface area contributed by atoms with Gasteiger partial charge in [-0.15, -0.1) is 0 Å². The van der Waals surface area contributed by atoms with Crippen molar-refractivity contribution in [1.29, 1.82) is 0 Å². The third kappa shape index (κ3) is 3.87. The SMILES string of the molecule is CC1(C)CCCC(NC(=O)N2CCCC2CC(=O)O)C1. The Bertz CT molecular complexity index is 381. The molecule has 0 aromatic heterocycles. The van der Waals surface area contributed by atoms with Crippen molar-refractivity contribution in [1.82, 2.24) is 10.2 Å². The second-order valence-corrected chi connectivity index (χ2v) is 6.99. The summed E-state index contributed by atoms with van der Waals surface area (Å²) in [7, 11) is 0. The average molecular weight is 282 g/mol. The first-order chi connectivity index (χ1) is 9.37. The molecule has 0 bridgehead atoms. The van der Waals surface area contributed by atoms with E-state index in [1.807, 2.05) is 0 Å². The van der Waals surface area contributed by atoms with E-state index < -0.39 is 5.97 Å². The van der Waals surface area contributed by atoms with Crippen LogP contribution in [0.3, 0.4) is 0 Å². The third-order valence-corrected chi connectivity index (χ3v) is 4.58. The first kappa shape index (κ1) is 15.1. The Labute approximate surface area is 120 Å². The van der Waals surface area contributed by atoms with Gasteiger partial charge < -0.3 is 15.3 Å². The highest BCUT2D eigenvalue weighted by atomic mass is 16.4. The molecule has 5 heteroatoms. The van der Waals surface area contributed by atoms with Crippen molar-refractivity contribution in [2.24, 2.45) is 5.41 Å². The number of carbonyl (C=O) groups excluding carboxylic acids is 1. The molecule has 2 N–H and O–H groups in total. The van der Waals surface area contributed by atoms with Crippen LogP contribution in [-0.4, -0.2) is 40.6 Å². The minimum absolute atomic E-state index is 0.0591. The average Bonchev–Trinajstić information content (AvgIpc) is 2.74. The Morgan fingerprint density at radius 1 is 1.30 bits per heavy atom. The Morgan fingerprint density at radius 3 is 2.70 bits per heavy atom. The fourth-order valence-corrected chi connectivity index (χ4v) is 3.60. The number of hydrogen-bond donors (Lipinski definition) is 2. The van der Waals surface area contributed by atoms with Crippen LogP contribution in [-0.2, 0) is 4.79 Å². The van der Waals surface area contributed by atoms with Crippen LogP contribution >= 0.6 is 0 Å². The topological polar surface area (TPSA) is 69.6 Å². The zero-order chi connectivity index (χ0) is 14.8. The van der Waals surface area contributed by atoms with E-state index in [0.717, 1.165) is 32.1 Å². The predicted molar refractivity (Wildman–Crippen MR) is 76.5 cm³/mol. The van der Waals surface area contributed by atoms with Crippen LogP contribution in [0.2, 0.25) is 0 Å². The number of likely N-dealkylation sites (tertiary alicyclic amines) is 1. The van der Waals surface area contributed by atoms with Crippen LogP contribution in [0, 0.1) is 5.41 Å². The molecule has 5 nitrogen and oxygen atoms in total. The number of hydrogen-bond acceptors (Lipinski definition) is 2. The molecule has 2 aliphatic rings. The number of rotatable bonds is 3. The molecule has 2 amide bonds. The predicted octanol–water partition coefficient (Wildman–Crippen LogP) is 2.60. The quantitative estimate of drug-likeness (QED) is 0.836. The maximum atomic E-state index is 12.3. The highest BCUT2D eigenvalue weighted by Crippen LogP contribution is 2.35. The van der Waals surface area contributed by atoms with Crippen LogP contribution in [0.1, 0.15) is 58.8 Å². The molecule has 114 valence electrons. The van der Waals surface area contributed by atoms with Crippen LogP contribution in [0.5, 0.6) is 0 Å². The van der Waals surface area contributed by atoms with Gasteiger partial charge in [0.1, 0.15) is 0 Å². The molecule has 2 atom stereocenters. The van der Waals surface area contributed by atoms with Gasteiger partial charge in [0.25, 0.3) is 0 Å². The highest BCUT2D eigenvalue weighted by Gasteiger charge is 2.33. The number of aliphatic carboxylic acids is 1. The summed E-state index contributed by atoms with van der Waals surface area (Å²) in [4.78, 5) is 24.9. The van der Waals surface area contributed by atoms with Crippen molar-refractivity contribution in [2.75, 3.05) is 6.54 Å². The Balaban J connectivity index is 1.89. The minimum Gasteiger partial charge on any atom is -0.481 e. The van der Waals surface area contributed by atoms with Gasteiger partial charge in [0.2, 0.25) is 0 Å². The molecule has 2 unspecified atom stereocenters. The molecular formula is C15H26N2O3. The lowest BCUT2D eigenvalue weighted by Gasteiger charge is -2.36. The van der Waals surface area contributed by atoms with Crippen LogP contribution in [0.25, 0.3) is 0 Å². The number of nitrogens with one attached hydrogen (secondary N) is 1. The number of nitrogens with zero attached hydrogens (tertiary/aromatic N) is 1. The largest absolute Gasteiger partial charge is 0.481 e. The van der Waals surface area contributed by atoms with Crippen molar-refractivity contribution < 1.29 is 14.7 Å². The normalized spacial score (nSPS) is 29.2. The van der Waals surface area contributed by atoms with E-state index in [1.54, 1.807) is 4.90 Å². The summed E-state index contributed by atoms with van der Waals surface area (Å²) in [5, 5.41) is 12.0. The summed E-state index contributed by atoms with van der Waals surface area (Å²) in [6, 6.07) is 0.0258. The van der Waals surface area contributed by atoms with Gasteiger partial charge in [0.15, 0.2) is 0 Å². The zero-order valence-corrected chi connectivity index (χ0v) is 12.5. The van der Waals surface area contributed by atoms with Gasteiger partial charge in [-0.2, -0.15) is 0 Å². The summed E-state index contributed by atoms with van der Waals surface area (Å²) in [5.41, 5.74) is 0.293. The van der Waals surface area contributed by atoms with Gasteiger partial charge in [0, 0.05) is 18.6 Å². The van der Waals surface area contributed by atoms with Gasteiger partial charge >= 0.3 is 12.0 Å². The monoisotopic (exact) mass is 282 g/mol. The number of carboxylic acid groups (broad SMARTS) is 1. The van der Waals surface area contributed by atoms with Crippen molar-refractivity contribution in [3.8, 4) is 0 Å². The fourth-order valence-electron chi connectivity index (χ4n) is 3.60. The zero-order valence-electron chi connectivity index (χ0n) is 12.5. The number of carbonyl (C=O) groups is 2. The molecule has 1 aliphatic carbocycles. The van der Waals surface area contributed by atoms with E-state index in [-0.39, 0.29) is 24.5 Å². The summed E-state index contributed by atoms with van der Waals surface area (Å²) in [5.74, 6) is -0.825. The van der Waals surface area contributed by atoms with E-state index in [1.165, 1.54) is 6.42 Å². The highest BCUT2D eigenvalue weighted by molar-refractivity contribution is 5.76. The van der Waals surface area contributed by atoms with E-state index in [2.05, 4.69) is 19.2 Å². The van der Waals surface area contributed by atoms with Gasteiger partial charge in [-0.3, -0.25) is 4.79 Å². The molecule has 2 fully saturated rings. The Kier molecular flexibility index (Phi) is 4.55. The lowest BCUT2D eigenvalue weighted by Crippen LogP contribution is -2.49. The van der Waals surface area contributed by atoms with Crippen molar-refractivity contribution in [3.05, 3.63) is 0 Å². The molecule has 0 radical (unpaired) electrons. The lowest BCUT2D eigenvalue weighted by molar-refractivity contribution is -0.137. The molecule has 20 heavy (non-hydrogen) atoms. The fraction of sp³-hybridized carbons (Fsp3) is 0.867. The van der Waals surface area contributed by atoms with Gasteiger partial charge in [0.05, 0.1) is 6.42 Å². The van der Waals surface area contributed by atoms with Crippen molar-refractivity contribution in [2.45, 2.75) is 70.9 Å². The van der Waals surface area contributed by atoms with E-state index in [0.29, 0.717) is 12.0 Å². The summed E-state index contributed by atoms with van der Waals surface area (Å²) < 4.78 is 0. The maximum absolute atomic E-state index is 12.3. The van der Waals surface area contributed by atoms with Gasteiger partial charge in [-0.25, -0.2) is 4.79 Å². The molecule has 2 rings (SSSR count). The second-order valence-electron chi connectivity index (χ2n) is 6.99. The molecule has 1 heterocycles. The number of urea groups is 1.